The Morgan fingerprint density at radius 1 is 0.955 bits per heavy atom. The van der Waals surface area contributed by atoms with Crippen molar-refractivity contribution in [2.24, 2.45) is 0 Å². The van der Waals surface area contributed by atoms with Gasteiger partial charge in [0, 0.05) is 16.7 Å². The van der Waals surface area contributed by atoms with E-state index >= 15 is 0 Å². The van der Waals surface area contributed by atoms with E-state index in [9.17, 15) is 0 Å². The highest BCUT2D eigenvalue weighted by molar-refractivity contribution is 9.10. The van der Waals surface area contributed by atoms with Crippen molar-refractivity contribution in [3.63, 3.8) is 0 Å². The third-order valence-corrected chi connectivity index (χ3v) is 5.10. The molecule has 1 unspecified atom stereocenters. The Morgan fingerprint density at radius 2 is 1.59 bits per heavy atom. The Balaban J connectivity index is 1.85. The largest absolute Gasteiger partial charge is 0.364 e. The van der Waals surface area contributed by atoms with Crippen LogP contribution in [0.15, 0.2) is 53.0 Å². The number of rotatable bonds is 2. The smallest absolute Gasteiger partial charge is 0.0543 e. The molecular formula is C20H24BrN. The van der Waals surface area contributed by atoms with Gasteiger partial charge in [0.05, 0.1) is 6.04 Å². The maximum Gasteiger partial charge on any atom is 0.0543 e. The number of benzene rings is 2. The van der Waals surface area contributed by atoms with Crippen LogP contribution >= 0.6 is 15.9 Å². The van der Waals surface area contributed by atoms with Crippen molar-refractivity contribution in [1.29, 1.82) is 0 Å². The van der Waals surface area contributed by atoms with E-state index in [-0.39, 0.29) is 5.41 Å². The summed E-state index contributed by atoms with van der Waals surface area (Å²) in [4.78, 5) is 2.55. The standard InChI is InChI=1S/C20H24BrN/c1-20(2,3)16-8-12-18(13-9-16)22-14-4-5-19(22)15-6-10-17(21)11-7-15/h6-13,19H,4-5,14H2,1-3H3. The summed E-state index contributed by atoms with van der Waals surface area (Å²) in [5.74, 6) is 0. The van der Waals surface area contributed by atoms with Gasteiger partial charge in [0.15, 0.2) is 0 Å². The summed E-state index contributed by atoms with van der Waals surface area (Å²) in [6.07, 6.45) is 2.50. The first-order valence-corrected chi connectivity index (χ1v) is 8.87. The Bertz CT molecular complexity index is 622. The summed E-state index contributed by atoms with van der Waals surface area (Å²) in [5, 5.41) is 0. The van der Waals surface area contributed by atoms with E-state index in [4.69, 9.17) is 0 Å². The molecule has 1 heterocycles. The second-order valence-electron chi connectivity index (χ2n) is 7.20. The maximum absolute atomic E-state index is 3.53. The zero-order chi connectivity index (χ0) is 15.7. The Labute approximate surface area is 142 Å². The number of hydrogen-bond donors (Lipinski definition) is 0. The van der Waals surface area contributed by atoms with Crippen LogP contribution in [0.5, 0.6) is 0 Å². The molecule has 1 fully saturated rings. The van der Waals surface area contributed by atoms with Crippen LogP contribution in [0.2, 0.25) is 0 Å². The molecule has 1 atom stereocenters. The highest BCUT2D eigenvalue weighted by Gasteiger charge is 2.26. The predicted molar refractivity (Wildman–Crippen MR) is 98.6 cm³/mol. The van der Waals surface area contributed by atoms with Crippen molar-refractivity contribution in [2.75, 3.05) is 11.4 Å². The molecule has 0 radical (unpaired) electrons. The van der Waals surface area contributed by atoms with Gasteiger partial charge in [-0.2, -0.15) is 0 Å². The van der Waals surface area contributed by atoms with Gasteiger partial charge in [-0.05, 0) is 53.6 Å². The second-order valence-corrected chi connectivity index (χ2v) is 8.12. The van der Waals surface area contributed by atoms with E-state index in [1.54, 1.807) is 0 Å². The number of nitrogens with zero attached hydrogens (tertiary/aromatic N) is 1. The molecule has 2 heteroatoms. The quantitative estimate of drug-likeness (QED) is 0.628. The lowest BCUT2D eigenvalue weighted by atomic mass is 9.87. The zero-order valence-electron chi connectivity index (χ0n) is 13.6. The van der Waals surface area contributed by atoms with Crippen molar-refractivity contribution in [1.82, 2.24) is 0 Å². The minimum Gasteiger partial charge on any atom is -0.364 e. The molecule has 116 valence electrons. The average molecular weight is 358 g/mol. The summed E-state index contributed by atoms with van der Waals surface area (Å²) in [6.45, 7) is 7.95. The molecule has 0 bridgehead atoms. The van der Waals surface area contributed by atoms with E-state index in [1.165, 1.54) is 29.7 Å². The topological polar surface area (TPSA) is 3.24 Å². The highest BCUT2D eigenvalue weighted by atomic mass is 79.9. The van der Waals surface area contributed by atoms with E-state index in [2.05, 4.69) is 90.1 Å². The molecule has 0 spiro atoms. The molecule has 1 nitrogen and oxygen atoms in total. The molecule has 2 aromatic carbocycles. The normalized spacial score (nSPS) is 18.7. The van der Waals surface area contributed by atoms with Crippen LogP contribution in [0.3, 0.4) is 0 Å². The fraction of sp³-hybridized carbons (Fsp3) is 0.400. The van der Waals surface area contributed by atoms with Gasteiger partial charge in [-0.1, -0.05) is 61.0 Å². The van der Waals surface area contributed by atoms with Crippen molar-refractivity contribution >= 4 is 21.6 Å². The molecule has 1 aliphatic rings. The van der Waals surface area contributed by atoms with Gasteiger partial charge in [-0.15, -0.1) is 0 Å². The summed E-state index contributed by atoms with van der Waals surface area (Å²) in [7, 11) is 0. The Hall–Kier alpha value is -1.28. The first-order valence-electron chi connectivity index (χ1n) is 8.08. The van der Waals surface area contributed by atoms with E-state index < -0.39 is 0 Å². The molecule has 1 aliphatic heterocycles. The zero-order valence-corrected chi connectivity index (χ0v) is 15.2. The average Bonchev–Trinajstić information content (AvgIpc) is 2.97. The molecule has 0 aromatic heterocycles. The maximum atomic E-state index is 3.53. The van der Waals surface area contributed by atoms with Crippen molar-refractivity contribution in [3.8, 4) is 0 Å². The molecule has 2 aromatic rings. The molecular weight excluding hydrogens is 334 g/mol. The van der Waals surface area contributed by atoms with Crippen LogP contribution in [-0.4, -0.2) is 6.54 Å². The van der Waals surface area contributed by atoms with Crippen LogP contribution in [0.4, 0.5) is 5.69 Å². The van der Waals surface area contributed by atoms with Crippen LogP contribution in [0.25, 0.3) is 0 Å². The molecule has 0 aliphatic carbocycles. The number of anilines is 1. The lowest BCUT2D eigenvalue weighted by Gasteiger charge is -2.28. The van der Waals surface area contributed by atoms with Gasteiger partial charge in [-0.25, -0.2) is 0 Å². The fourth-order valence-corrected chi connectivity index (χ4v) is 3.52. The van der Waals surface area contributed by atoms with Gasteiger partial charge in [-0.3, -0.25) is 0 Å². The molecule has 0 N–H and O–H groups in total. The summed E-state index contributed by atoms with van der Waals surface area (Å²) in [5.41, 5.74) is 4.38. The minimum atomic E-state index is 0.217. The molecule has 0 amide bonds. The summed E-state index contributed by atoms with van der Waals surface area (Å²) in [6, 6.07) is 18.4. The third-order valence-electron chi connectivity index (χ3n) is 4.57. The lowest BCUT2D eigenvalue weighted by molar-refractivity contribution is 0.590. The SMILES string of the molecule is CC(C)(C)c1ccc(N2CCCC2c2ccc(Br)cc2)cc1. The van der Waals surface area contributed by atoms with Crippen molar-refractivity contribution < 1.29 is 0 Å². The van der Waals surface area contributed by atoms with Crippen molar-refractivity contribution in [2.45, 2.75) is 45.1 Å². The van der Waals surface area contributed by atoms with E-state index in [0.717, 1.165) is 11.0 Å². The molecule has 3 rings (SSSR count). The van der Waals surface area contributed by atoms with Crippen LogP contribution in [0.1, 0.15) is 50.8 Å². The van der Waals surface area contributed by atoms with E-state index in [1.807, 2.05) is 0 Å². The van der Waals surface area contributed by atoms with Crippen LogP contribution < -0.4 is 4.90 Å². The van der Waals surface area contributed by atoms with Crippen LogP contribution in [-0.2, 0) is 5.41 Å². The van der Waals surface area contributed by atoms with Gasteiger partial charge in [0.2, 0.25) is 0 Å². The highest BCUT2D eigenvalue weighted by Crippen LogP contribution is 2.37. The first kappa shape index (κ1) is 15.6. The Kier molecular flexibility index (Phi) is 4.31. The minimum absolute atomic E-state index is 0.217. The fourth-order valence-electron chi connectivity index (χ4n) is 3.26. The molecule has 22 heavy (non-hydrogen) atoms. The monoisotopic (exact) mass is 357 g/mol. The second kappa shape index (κ2) is 6.08. The van der Waals surface area contributed by atoms with Gasteiger partial charge in [0.25, 0.3) is 0 Å². The molecule has 1 saturated heterocycles. The van der Waals surface area contributed by atoms with E-state index in [0.29, 0.717) is 6.04 Å². The first-order chi connectivity index (χ1) is 10.4. The number of hydrogen-bond acceptors (Lipinski definition) is 1. The lowest BCUT2D eigenvalue weighted by Crippen LogP contribution is -2.22. The van der Waals surface area contributed by atoms with Gasteiger partial charge < -0.3 is 4.90 Å². The number of halogens is 1. The van der Waals surface area contributed by atoms with Gasteiger partial charge >= 0.3 is 0 Å². The summed E-state index contributed by atoms with van der Waals surface area (Å²) < 4.78 is 1.15. The summed E-state index contributed by atoms with van der Waals surface area (Å²) >= 11 is 3.53. The van der Waals surface area contributed by atoms with Crippen LogP contribution in [0, 0.1) is 0 Å². The Morgan fingerprint density at radius 3 is 2.18 bits per heavy atom. The van der Waals surface area contributed by atoms with Gasteiger partial charge in [0.1, 0.15) is 0 Å². The van der Waals surface area contributed by atoms with Crippen molar-refractivity contribution in [3.05, 3.63) is 64.1 Å². The predicted octanol–water partition coefficient (Wildman–Crippen LogP) is 6.09. The molecule has 0 saturated carbocycles. The third kappa shape index (κ3) is 3.22.